The lowest BCUT2D eigenvalue weighted by molar-refractivity contribution is 0.554. The maximum Gasteiger partial charge on any atom is -0.0323 e. The van der Waals surface area contributed by atoms with Crippen LogP contribution in [-0.4, -0.2) is 0 Å². The monoisotopic (exact) mass is 182 g/mol. The summed E-state index contributed by atoms with van der Waals surface area (Å²) in [6.45, 7) is 9.13. The molecule has 0 saturated carbocycles. The molecule has 0 heterocycles. The summed E-state index contributed by atoms with van der Waals surface area (Å²) in [5.74, 6) is 0.864. The summed E-state index contributed by atoms with van der Waals surface area (Å²) in [6.07, 6.45) is 10.4. The molecule has 0 aromatic rings. The summed E-state index contributed by atoms with van der Waals surface area (Å²) >= 11 is 0. The Balaban J connectivity index is 3.38. The van der Waals surface area contributed by atoms with E-state index in [1.165, 1.54) is 38.5 Å². The molecule has 0 N–H and O–H groups in total. The van der Waals surface area contributed by atoms with E-state index in [0.29, 0.717) is 0 Å². The van der Waals surface area contributed by atoms with E-state index in [4.69, 9.17) is 0 Å². The highest BCUT2D eigenvalue weighted by Gasteiger charge is 1.94. The van der Waals surface area contributed by atoms with E-state index in [0.717, 1.165) is 5.92 Å². The molecule has 0 nitrogen and oxygen atoms in total. The smallest absolute Gasteiger partial charge is 0.0323 e. The Morgan fingerprint density at radius 1 is 1.23 bits per heavy atom. The maximum absolute atomic E-state index is 2.42. The molecule has 0 aliphatic rings. The van der Waals surface area contributed by atoms with Gasteiger partial charge in [0.25, 0.3) is 0 Å². The Kier molecular flexibility index (Phi) is 8.18. The van der Waals surface area contributed by atoms with Gasteiger partial charge in [0.1, 0.15) is 0 Å². The van der Waals surface area contributed by atoms with Crippen molar-refractivity contribution in [3.05, 3.63) is 11.6 Å². The highest BCUT2D eigenvalue weighted by atomic mass is 14.0. The van der Waals surface area contributed by atoms with Gasteiger partial charge in [0.2, 0.25) is 0 Å². The standard InChI is InChI=1S/C13H26/c1-5-6-7-10-13(4)11-8-9-12(2)3/h10,12H,5-9,11H2,1-4H3/b13-10+. The van der Waals surface area contributed by atoms with E-state index < -0.39 is 0 Å². The molecule has 78 valence electrons. The van der Waals surface area contributed by atoms with Gasteiger partial charge >= 0.3 is 0 Å². The predicted molar refractivity (Wildman–Crippen MR) is 62.0 cm³/mol. The Labute approximate surface area is 84.4 Å². The molecule has 0 fully saturated rings. The third kappa shape index (κ3) is 9.66. The lowest BCUT2D eigenvalue weighted by atomic mass is 10.0. The van der Waals surface area contributed by atoms with Crippen molar-refractivity contribution < 1.29 is 0 Å². The SMILES string of the molecule is CCCC/C=C(\C)CCCC(C)C. The number of allylic oxidation sites excluding steroid dienone is 2. The van der Waals surface area contributed by atoms with Crippen LogP contribution in [0.1, 0.15) is 66.2 Å². The first-order valence-electron chi connectivity index (χ1n) is 5.82. The fourth-order valence-corrected chi connectivity index (χ4v) is 1.44. The first kappa shape index (κ1) is 12.7. The largest absolute Gasteiger partial charge is 0.0856 e. The molecule has 0 saturated heterocycles. The Morgan fingerprint density at radius 3 is 2.46 bits per heavy atom. The van der Waals surface area contributed by atoms with Crippen LogP contribution < -0.4 is 0 Å². The molecule has 0 spiro atoms. The summed E-state index contributed by atoms with van der Waals surface area (Å²) in [6, 6.07) is 0. The predicted octanol–water partition coefficient (Wildman–Crippen LogP) is 4.95. The molecule has 0 heteroatoms. The molecule has 0 rings (SSSR count). The van der Waals surface area contributed by atoms with Crippen molar-refractivity contribution in [2.75, 3.05) is 0 Å². The average Bonchev–Trinajstić information content (AvgIpc) is 2.04. The van der Waals surface area contributed by atoms with E-state index >= 15 is 0 Å². The van der Waals surface area contributed by atoms with Crippen LogP contribution in [0.25, 0.3) is 0 Å². The first-order chi connectivity index (χ1) is 6.16. The molecule has 0 radical (unpaired) electrons. The molecule has 0 bridgehead atoms. The summed E-state index contributed by atoms with van der Waals surface area (Å²) in [4.78, 5) is 0. The van der Waals surface area contributed by atoms with Gasteiger partial charge in [-0.25, -0.2) is 0 Å². The zero-order valence-electron chi connectivity index (χ0n) is 9.90. The second kappa shape index (κ2) is 8.34. The van der Waals surface area contributed by atoms with Crippen LogP contribution in [0.3, 0.4) is 0 Å². The molecule has 0 aliphatic heterocycles. The van der Waals surface area contributed by atoms with E-state index in [9.17, 15) is 0 Å². The highest BCUT2D eigenvalue weighted by Crippen LogP contribution is 2.12. The number of hydrogen-bond acceptors (Lipinski definition) is 0. The summed E-state index contributed by atoms with van der Waals surface area (Å²) in [5, 5.41) is 0. The molecule has 0 amide bonds. The van der Waals surface area contributed by atoms with Crippen molar-refractivity contribution in [3.8, 4) is 0 Å². The van der Waals surface area contributed by atoms with Crippen LogP contribution in [0.5, 0.6) is 0 Å². The van der Waals surface area contributed by atoms with Crippen LogP contribution in [0.4, 0.5) is 0 Å². The second-order valence-electron chi connectivity index (χ2n) is 4.48. The fraction of sp³-hybridized carbons (Fsp3) is 0.846. The maximum atomic E-state index is 2.42. The van der Waals surface area contributed by atoms with Gasteiger partial charge in [-0.1, -0.05) is 51.7 Å². The Morgan fingerprint density at radius 2 is 1.92 bits per heavy atom. The topological polar surface area (TPSA) is 0 Å². The Hall–Kier alpha value is -0.260. The first-order valence-corrected chi connectivity index (χ1v) is 5.82. The number of unbranched alkanes of at least 4 members (excludes halogenated alkanes) is 2. The normalized spacial score (nSPS) is 12.5. The molecule has 0 aliphatic carbocycles. The van der Waals surface area contributed by atoms with Gasteiger partial charge in [-0.05, 0) is 32.1 Å². The fourth-order valence-electron chi connectivity index (χ4n) is 1.44. The third-order valence-electron chi connectivity index (χ3n) is 2.40. The van der Waals surface area contributed by atoms with E-state index in [1.807, 2.05) is 0 Å². The zero-order valence-corrected chi connectivity index (χ0v) is 9.90. The minimum absolute atomic E-state index is 0.864. The van der Waals surface area contributed by atoms with Crippen LogP contribution in [0, 0.1) is 5.92 Å². The highest BCUT2D eigenvalue weighted by molar-refractivity contribution is 4.97. The quantitative estimate of drug-likeness (QED) is 0.386. The molecular formula is C13H26. The number of hydrogen-bond donors (Lipinski definition) is 0. The van der Waals surface area contributed by atoms with Crippen molar-refractivity contribution in [3.63, 3.8) is 0 Å². The summed E-state index contributed by atoms with van der Waals surface area (Å²) in [7, 11) is 0. The molecular weight excluding hydrogens is 156 g/mol. The van der Waals surface area contributed by atoms with Gasteiger partial charge in [0.05, 0.1) is 0 Å². The molecule has 0 aromatic carbocycles. The number of rotatable bonds is 7. The lowest BCUT2D eigenvalue weighted by Gasteiger charge is -2.04. The molecule has 0 unspecified atom stereocenters. The third-order valence-corrected chi connectivity index (χ3v) is 2.40. The van der Waals surface area contributed by atoms with Crippen molar-refractivity contribution in [2.45, 2.75) is 66.2 Å². The van der Waals surface area contributed by atoms with E-state index in [1.54, 1.807) is 5.57 Å². The van der Waals surface area contributed by atoms with Gasteiger partial charge < -0.3 is 0 Å². The Bertz CT molecular complexity index is 131. The minimum atomic E-state index is 0.864. The van der Waals surface area contributed by atoms with Crippen LogP contribution in [0.2, 0.25) is 0 Å². The van der Waals surface area contributed by atoms with Gasteiger partial charge in [0.15, 0.2) is 0 Å². The minimum Gasteiger partial charge on any atom is -0.0856 e. The van der Waals surface area contributed by atoms with Gasteiger partial charge in [-0.3, -0.25) is 0 Å². The lowest BCUT2D eigenvalue weighted by Crippen LogP contribution is -1.87. The van der Waals surface area contributed by atoms with Crippen LogP contribution in [-0.2, 0) is 0 Å². The van der Waals surface area contributed by atoms with E-state index in [-0.39, 0.29) is 0 Å². The zero-order chi connectivity index (χ0) is 10.1. The average molecular weight is 182 g/mol. The summed E-state index contributed by atoms with van der Waals surface area (Å²) in [5.41, 5.74) is 1.59. The van der Waals surface area contributed by atoms with Crippen molar-refractivity contribution >= 4 is 0 Å². The van der Waals surface area contributed by atoms with Crippen LogP contribution in [0.15, 0.2) is 11.6 Å². The molecule has 13 heavy (non-hydrogen) atoms. The molecule has 0 atom stereocenters. The van der Waals surface area contributed by atoms with Crippen molar-refractivity contribution in [1.29, 1.82) is 0 Å². The van der Waals surface area contributed by atoms with E-state index in [2.05, 4.69) is 33.8 Å². The summed E-state index contributed by atoms with van der Waals surface area (Å²) < 4.78 is 0. The molecule has 0 aromatic heterocycles. The van der Waals surface area contributed by atoms with Crippen LogP contribution >= 0.6 is 0 Å². The van der Waals surface area contributed by atoms with Crippen molar-refractivity contribution in [2.24, 2.45) is 5.92 Å². The van der Waals surface area contributed by atoms with Gasteiger partial charge in [0, 0.05) is 0 Å². The second-order valence-corrected chi connectivity index (χ2v) is 4.48. The van der Waals surface area contributed by atoms with Gasteiger partial charge in [-0.2, -0.15) is 0 Å². The van der Waals surface area contributed by atoms with Gasteiger partial charge in [-0.15, -0.1) is 0 Å². The van der Waals surface area contributed by atoms with Crippen molar-refractivity contribution in [1.82, 2.24) is 0 Å².